The van der Waals surface area contributed by atoms with Gasteiger partial charge in [0, 0.05) is 11.1 Å². The lowest BCUT2D eigenvalue weighted by Gasteiger charge is -2.09. The van der Waals surface area contributed by atoms with E-state index in [1.807, 2.05) is 0 Å². The van der Waals surface area contributed by atoms with Gasteiger partial charge in [-0.15, -0.1) is 0 Å². The van der Waals surface area contributed by atoms with Gasteiger partial charge in [-0.1, -0.05) is 0 Å². The van der Waals surface area contributed by atoms with Crippen LogP contribution in [0.1, 0.15) is 51.4 Å². The predicted molar refractivity (Wildman–Crippen MR) is 70.0 cm³/mol. The molecule has 1 nitrogen and oxygen atoms in total. The van der Waals surface area contributed by atoms with Gasteiger partial charge in [-0.3, -0.25) is 4.79 Å². The number of carbonyl (C=O) groups excluding carboxylic acids is 1. The highest BCUT2D eigenvalue weighted by Gasteiger charge is 2.51. The molecular formula is C17H20O. The van der Waals surface area contributed by atoms with Gasteiger partial charge in [-0.25, -0.2) is 0 Å². The van der Waals surface area contributed by atoms with Crippen molar-refractivity contribution in [3.8, 4) is 0 Å². The summed E-state index contributed by atoms with van der Waals surface area (Å²) in [7, 11) is 0. The average Bonchev–Trinajstić information content (AvgIpc) is 3.25. The normalized spacial score (nSPS) is 32.8. The van der Waals surface area contributed by atoms with Crippen molar-refractivity contribution in [2.75, 3.05) is 0 Å². The first-order valence-electron chi connectivity index (χ1n) is 7.87. The summed E-state index contributed by atoms with van der Waals surface area (Å²) < 4.78 is 0. The Labute approximate surface area is 108 Å². The largest absolute Gasteiger partial charge is 0.289 e. The second-order valence-electron chi connectivity index (χ2n) is 7.08. The molecule has 0 N–H and O–H groups in total. The number of hydrogen-bond acceptors (Lipinski definition) is 1. The van der Waals surface area contributed by atoms with Gasteiger partial charge in [-0.05, 0) is 86.2 Å². The Hall–Kier alpha value is -0.850. The first-order valence-corrected chi connectivity index (χ1v) is 7.87. The van der Waals surface area contributed by atoms with Crippen LogP contribution in [0.3, 0.4) is 0 Å². The number of hydrogen-bond donors (Lipinski definition) is 0. The van der Waals surface area contributed by atoms with Crippen molar-refractivity contribution in [1.82, 2.24) is 0 Å². The van der Waals surface area contributed by atoms with E-state index in [1.54, 1.807) is 11.1 Å². The van der Waals surface area contributed by atoms with E-state index < -0.39 is 0 Å². The maximum absolute atomic E-state index is 12.8. The Balaban J connectivity index is 1.67. The summed E-state index contributed by atoms with van der Waals surface area (Å²) in [5.41, 5.74) is 5.85. The zero-order valence-corrected chi connectivity index (χ0v) is 10.9. The smallest absolute Gasteiger partial charge is 0.186 e. The third kappa shape index (κ3) is 1.36. The maximum Gasteiger partial charge on any atom is 0.186 e. The molecule has 0 bridgehead atoms. The average molecular weight is 240 g/mol. The molecule has 0 spiro atoms. The monoisotopic (exact) mass is 240 g/mol. The highest BCUT2D eigenvalue weighted by atomic mass is 16.1. The molecule has 5 rings (SSSR count). The van der Waals surface area contributed by atoms with E-state index in [0.29, 0.717) is 17.6 Å². The van der Waals surface area contributed by atoms with E-state index in [-0.39, 0.29) is 0 Å². The number of allylic oxidation sites excluding steroid dienone is 4. The van der Waals surface area contributed by atoms with Gasteiger partial charge in [0.05, 0.1) is 0 Å². The van der Waals surface area contributed by atoms with E-state index in [9.17, 15) is 4.79 Å². The lowest BCUT2D eigenvalue weighted by Crippen LogP contribution is -2.06. The lowest BCUT2D eigenvalue weighted by atomic mass is 9.94. The fourth-order valence-corrected chi connectivity index (χ4v) is 3.86. The van der Waals surface area contributed by atoms with Crippen LogP contribution in [0.25, 0.3) is 0 Å². The Bertz CT molecular complexity index is 460. The van der Waals surface area contributed by atoms with Crippen LogP contribution in [0.15, 0.2) is 22.3 Å². The fraction of sp³-hybridized carbons (Fsp3) is 0.706. The predicted octanol–water partition coefficient (Wildman–Crippen LogP) is 3.80. The first kappa shape index (κ1) is 10.00. The third-order valence-electron chi connectivity index (χ3n) is 5.30. The summed E-state index contributed by atoms with van der Waals surface area (Å²) in [5, 5.41) is 0. The van der Waals surface area contributed by atoms with Crippen molar-refractivity contribution in [2.45, 2.75) is 51.4 Å². The summed E-state index contributed by atoms with van der Waals surface area (Å²) in [6.07, 6.45) is 10.6. The molecule has 4 fully saturated rings. The number of ketones is 1. The van der Waals surface area contributed by atoms with Crippen molar-refractivity contribution in [3.05, 3.63) is 22.3 Å². The molecule has 0 amide bonds. The second kappa shape index (κ2) is 3.18. The second-order valence-corrected chi connectivity index (χ2v) is 7.08. The van der Waals surface area contributed by atoms with Crippen molar-refractivity contribution < 1.29 is 4.79 Å². The third-order valence-corrected chi connectivity index (χ3v) is 5.30. The van der Waals surface area contributed by atoms with Gasteiger partial charge in [0.2, 0.25) is 0 Å². The molecule has 18 heavy (non-hydrogen) atoms. The quantitative estimate of drug-likeness (QED) is 0.730. The molecule has 0 atom stereocenters. The van der Waals surface area contributed by atoms with E-state index in [1.165, 1.54) is 62.5 Å². The van der Waals surface area contributed by atoms with Gasteiger partial charge >= 0.3 is 0 Å². The van der Waals surface area contributed by atoms with Crippen molar-refractivity contribution in [3.63, 3.8) is 0 Å². The van der Waals surface area contributed by atoms with Gasteiger partial charge in [0.15, 0.2) is 5.78 Å². The van der Waals surface area contributed by atoms with Crippen LogP contribution in [0.2, 0.25) is 0 Å². The minimum atomic E-state index is 0.517. The number of carbonyl (C=O) groups is 1. The molecule has 0 aliphatic heterocycles. The van der Waals surface area contributed by atoms with Crippen molar-refractivity contribution in [1.29, 1.82) is 0 Å². The fourth-order valence-electron chi connectivity index (χ4n) is 3.86. The minimum Gasteiger partial charge on any atom is -0.289 e. The molecule has 5 aliphatic rings. The Morgan fingerprint density at radius 1 is 0.500 bits per heavy atom. The minimum absolute atomic E-state index is 0.517. The summed E-state index contributed by atoms with van der Waals surface area (Å²) in [6.45, 7) is 0. The van der Waals surface area contributed by atoms with Gasteiger partial charge in [0.25, 0.3) is 0 Å². The van der Waals surface area contributed by atoms with Crippen LogP contribution >= 0.6 is 0 Å². The molecule has 0 saturated heterocycles. The zero-order chi connectivity index (χ0) is 11.9. The number of Topliss-reactive ketones (excluding diaryl/α,β-unsaturated/α-hetero) is 1. The van der Waals surface area contributed by atoms with Gasteiger partial charge < -0.3 is 0 Å². The summed E-state index contributed by atoms with van der Waals surface area (Å²) in [6, 6.07) is 0. The van der Waals surface area contributed by atoms with Crippen molar-refractivity contribution in [2.24, 2.45) is 23.7 Å². The van der Waals surface area contributed by atoms with E-state index in [2.05, 4.69) is 0 Å². The Kier molecular flexibility index (Phi) is 1.77. The SMILES string of the molecule is O=C1C(C2CC2)=C(C2CC2)C(C2CC2)=C1C1CC1. The molecule has 5 aliphatic carbocycles. The first-order chi connectivity index (χ1) is 8.84. The zero-order valence-electron chi connectivity index (χ0n) is 10.9. The van der Waals surface area contributed by atoms with Crippen LogP contribution in [-0.4, -0.2) is 5.78 Å². The molecule has 94 valence electrons. The lowest BCUT2D eigenvalue weighted by molar-refractivity contribution is -0.112. The van der Waals surface area contributed by atoms with Gasteiger partial charge in [-0.2, -0.15) is 0 Å². The van der Waals surface area contributed by atoms with E-state index >= 15 is 0 Å². The maximum atomic E-state index is 12.8. The molecule has 0 aromatic rings. The van der Waals surface area contributed by atoms with Crippen LogP contribution < -0.4 is 0 Å². The molecule has 4 saturated carbocycles. The Morgan fingerprint density at radius 2 is 0.778 bits per heavy atom. The van der Waals surface area contributed by atoms with E-state index in [4.69, 9.17) is 0 Å². The van der Waals surface area contributed by atoms with Crippen LogP contribution in [0.4, 0.5) is 0 Å². The summed E-state index contributed by atoms with van der Waals surface area (Å²) >= 11 is 0. The molecule has 0 aromatic heterocycles. The van der Waals surface area contributed by atoms with Gasteiger partial charge in [0.1, 0.15) is 0 Å². The standard InChI is InChI=1S/C17H20O/c18-17-15(11-5-6-11)13(9-1-2-9)14(10-3-4-10)16(17)12-7-8-12/h9-12H,1-8H2. The molecule has 0 heterocycles. The Morgan fingerprint density at radius 3 is 1.06 bits per heavy atom. The summed E-state index contributed by atoms with van der Waals surface area (Å²) in [4.78, 5) is 12.8. The highest BCUT2D eigenvalue weighted by Crippen LogP contribution is 2.60. The molecule has 0 aromatic carbocycles. The summed E-state index contributed by atoms with van der Waals surface area (Å²) in [5.74, 6) is 3.42. The van der Waals surface area contributed by atoms with Crippen LogP contribution in [0, 0.1) is 23.7 Å². The number of rotatable bonds is 4. The molecule has 0 radical (unpaired) electrons. The van der Waals surface area contributed by atoms with Crippen LogP contribution in [-0.2, 0) is 4.79 Å². The van der Waals surface area contributed by atoms with E-state index in [0.717, 1.165) is 11.8 Å². The highest BCUT2D eigenvalue weighted by molar-refractivity contribution is 6.15. The van der Waals surface area contributed by atoms with Crippen LogP contribution in [0.5, 0.6) is 0 Å². The van der Waals surface area contributed by atoms with Crippen molar-refractivity contribution >= 4 is 5.78 Å². The molecule has 0 unspecified atom stereocenters. The topological polar surface area (TPSA) is 17.1 Å². The molecular weight excluding hydrogens is 220 g/mol. The molecule has 1 heteroatoms.